The molecule has 0 atom stereocenters. The van der Waals surface area contributed by atoms with E-state index in [1.165, 1.54) is 0 Å². The maximum Gasteiger partial charge on any atom is 0.240 e. The standard InChI is InChI=1S/C9H10ClNO.ClH/c1-11(7-9(10)12)8-5-3-2-4-6-8;/h2-6H,7H2,1H3;1H. The van der Waals surface area contributed by atoms with Gasteiger partial charge in [-0.1, -0.05) is 18.2 Å². The largest absolute Gasteiger partial charge is 0.366 e. The van der Waals surface area contributed by atoms with Gasteiger partial charge in [0.1, 0.15) is 0 Å². The first kappa shape index (κ1) is 12.3. The summed E-state index contributed by atoms with van der Waals surface area (Å²) in [5, 5.41) is -0.346. The first-order valence-corrected chi connectivity index (χ1v) is 4.02. The highest BCUT2D eigenvalue weighted by atomic mass is 35.5. The van der Waals surface area contributed by atoms with Crippen LogP contribution in [0.4, 0.5) is 5.69 Å². The number of halogens is 2. The van der Waals surface area contributed by atoms with Gasteiger partial charge < -0.3 is 4.90 Å². The van der Waals surface area contributed by atoms with E-state index in [1.807, 2.05) is 37.4 Å². The van der Waals surface area contributed by atoms with Crippen LogP contribution in [0.25, 0.3) is 0 Å². The molecule has 72 valence electrons. The Labute approximate surface area is 88.9 Å². The molecule has 1 aromatic carbocycles. The predicted molar refractivity (Wildman–Crippen MR) is 57.8 cm³/mol. The molecule has 0 aliphatic heterocycles. The molecule has 0 unspecified atom stereocenters. The van der Waals surface area contributed by atoms with E-state index in [2.05, 4.69) is 0 Å². The lowest BCUT2D eigenvalue weighted by Gasteiger charge is -2.15. The van der Waals surface area contributed by atoms with Gasteiger partial charge in [-0.05, 0) is 23.7 Å². The minimum Gasteiger partial charge on any atom is -0.366 e. The van der Waals surface area contributed by atoms with Crippen molar-refractivity contribution in [1.82, 2.24) is 0 Å². The molecular formula is C9H11Cl2NO. The van der Waals surface area contributed by atoms with Crippen molar-refractivity contribution in [3.05, 3.63) is 30.3 Å². The summed E-state index contributed by atoms with van der Waals surface area (Å²) in [6, 6.07) is 9.63. The van der Waals surface area contributed by atoms with Gasteiger partial charge in [-0.3, -0.25) is 4.79 Å². The molecule has 4 heteroatoms. The average Bonchev–Trinajstić information content (AvgIpc) is 2.05. The Balaban J connectivity index is 0.00000144. The van der Waals surface area contributed by atoms with E-state index in [9.17, 15) is 4.79 Å². The first-order chi connectivity index (χ1) is 5.70. The third-order valence-electron chi connectivity index (χ3n) is 1.56. The highest BCUT2D eigenvalue weighted by Gasteiger charge is 2.02. The van der Waals surface area contributed by atoms with E-state index in [1.54, 1.807) is 4.90 Å². The van der Waals surface area contributed by atoms with Gasteiger partial charge in [0, 0.05) is 12.7 Å². The van der Waals surface area contributed by atoms with Crippen molar-refractivity contribution in [1.29, 1.82) is 0 Å². The zero-order valence-corrected chi connectivity index (χ0v) is 8.81. The third-order valence-corrected chi connectivity index (χ3v) is 1.68. The van der Waals surface area contributed by atoms with Crippen LogP contribution in [0.5, 0.6) is 0 Å². The molecule has 0 heterocycles. The van der Waals surface area contributed by atoms with Gasteiger partial charge in [-0.2, -0.15) is 0 Å². The zero-order valence-electron chi connectivity index (χ0n) is 7.24. The van der Waals surface area contributed by atoms with Crippen LogP contribution in [0.15, 0.2) is 30.3 Å². The summed E-state index contributed by atoms with van der Waals surface area (Å²) in [6.45, 7) is 0.242. The second-order valence-electron chi connectivity index (χ2n) is 2.55. The molecule has 0 radical (unpaired) electrons. The molecule has 0 saturated carbocycles. The molecular weight excluding hydrogens is 209 g/mol. The van der Waals surface area contributed by atoms with Gasteiger partial charge in [0.2, 0.25) is 5.24 Å². The molecule has 2 nitrogen and oxygen atoms in total. The van der Waals surface area contributed by atoms with Crippen LogP contribution in [-0.4, -0.2) is 18.8 Å². The molecule has 0 spiro atoms. The fraction of sp³-hybridized carbons (Fsp3) is 0.222. The first-order valence-electron chi connectivity index (χ1n) is 3.64. The van der Waals surface area contributed by atoms with Gasteiger partial charge in [-0.15, -0.1) is 12.4 Å². The van der Waals surface area contributed by atoms with E-state index in [0.29, 0.717) is 0 Å². The summed E-state index contributed by atoms with van der Waals surface area (Å²) in [7, 11) is 1.83. The summed E-state index contributed by atoms with van der Waals surface area (Å²) in [5.41, 5.74) is 0.992. The molecule has 0 bridgehead atoms. The fourth-order valence-electron chi connectivity index (χ4n) is 0.960. The molecule has 1 rings (SSSR count). The number of hydrogen-bond donors (Lipinski definition) is 0. The second kappa shape index (κ2) is 5.84. The van der Waals surface area contributed by atoms with Crippen LogP contribution < -0.4 is 4.90 Å². The SMILES string of the molecule is CN(CC(=O)Cl)c1ccccc1.Cl. The van der Waals surface area contributed by atoms with E-state index < -0.39 is 0 Å². The van der Waals surface area contributed by atoms with E-state index in [4.69, 9.17) is 11.6 Å². The highest BCUT2D eigenvalue weighted by molar-refractivity contribution is 6.64. The van der Waals surface area contributed by atoms with E-state index >= 15 is 0 Å². The molecule has 13 heavy (non-hydrogen) atoms. The molecule has 0 N–H and O–H groups in total. The third kappa shape index (κ3) is 4.15. The normalized spacial score (nSPS) is 8.77. The minimum absolute atomic E-state index is 0. The predicted octanol–water partition coefficient (Wildman–Crippen LogP) is 2.31. The number of carbonyl (C=O) groups is 1. The molecule has 0 amide bonds. The van der Waals surface area contributed by atoms with Crippen molar-refractivity contribution in [3.8, 4) is 0 Å². The van der Waals surface area contributed by atoms with Gasteiger partial charge >= 0.3 is 0 Å². The van der Waals surface area contributed by atoms with Gasteiger partial charge in [0.15, 0.2) is 0 Å². The summed E-state index contributed by atoms with van der Waals surface area (Å²) >= 11 is 5.24. The molecule has 0 aromatic heterocycles. The van der Waals surface area contributed by atoms with Crippen LogP contribution >= 0.6 is 24.0 Å². The summed E-state index contributed by atoms with van der Waals surface area (Å²) in [5.74, 6) is 0. The fourth-order valence-corrected chi connectivity index (χ4v) is 1.14. The number of likely N-dealkylation sites (N-methyl/N-ethyl adjacent to an activating group) is 1. The topological polar surface area (TPSA) is 20.3 Å². The average molecular weight is 220 g/mol. The summed E-state index contributed by atoms with van der Waals surface area (Å²) in [4.78, 5) is 12.4. The highest BCUT2D eigenvalue weighted by Crippen LogP contribution is 2.10. The van der Waals surface area contributed by atoms with Crippen LogP contribution in [-0.2, 0) is 4.79 Å². The quantitative estimate of drug-likeness (QED) is 0.728. The minimum atomic E-state index is -0.346. The lowest BCUT2D eigenvalue weighted by molar-refractivity contribution is -0.110. The Morgan fingerprint density at radius 3 is 2.38 bits per heavy atom. The molecule has 0 aliphatic rings. The maximum atomic E-state index is 10.6. The van der Waals surface area contributed by atoms with Gasteiger partial charge in [0.25, 0.3) is 0 Å². The molecule has 0 saturated heterocycles. The zero-order chi connectivity index (χ0) is 8.97. The van der Waals surface area contributed by atoms with Crippen molar-refractivity contribution in [2.75, 3.05) is 18.5 Å². The number of benzene rings is 1. The van der Waals surface area contributed by atoms with Crippen LogP contribution in [0.2, 0.25) is 0 Å². The lowest BCUT2D eigenvalue weighted by atomic mass is 10.3. The van der Waals surface area contributed by atoms with Crippen LogP contribution in [0.1, 0.15) is 0 Å². The molecule has 0 fully saturated rings. The monoisotopic (exact) mass is 219 g/mol. The number of nitrogens with zero attached hydrogens (tertiary/aromatic N) is 1. The van der Waals surface area contributed by atoms with E-state index in [0.717, 1.165) is 5.69 Å². The smallest absolute Gasteiger partial charge is 0.240 e. The van der Waals surface area contributed by atoms with Crippen molar-refractivity contribution in [2.24, 2.45) is 0 Å². The van der Waals surface area contributed by atoms with Crippen LogP contribution in [0.3, 0.4) is 0 Å². The molecule has 0 aliphatic carbocycles. The molecule has 1 aromatic rings. The van der Waals surface area contributed by atoms with Crippen molar-refractivity contribution < 1.29 is 4.79 Å². The van der Waals surface area contributed by atoms with Gasteiger partial charge in [-0.25, -0.2) is 0 Å². The summed E-state index contributed by atoms with van der Waals surface area (Å²) in [6.07, 6.45) is 0. The summed E-state index contributed by atoms with van der Waals surface area (Å²) < 4.78 is 0. The van der Waals surface area contributed by atoms with Crippen molar-refractivity contribution in [3.63, 3.8) is 0 Å². The lowest BCUT2D eigenvalue weighted by Crippen LogP contribution is -2.22. The van der Waals surface area contributed by atoms with Crippen LogP contribution in [0, 0.1) is 0 Å². The van der Waals surface area contributed by atoms with Crippen molar-refractivity contribution in [2.45, 2.75) is 0 Å². The number of para-hydroxylation sites is 1. The van der Waals surface area contributed by atoms with Gasteiger partial charge in [0.05, 0.1) is 6.54 Å². The maximum absolute atomic E-state index is 10.6. The number of anilines is 1. The van der Waals surface area contributed by atoms with E-state index in [-0.39, 0.29) is 24.2 Å². The number of hydrogen-bond acceptors (Lipinski definition) is 2. The Morgan fingerprint density at radius 2 is 1.92 bits per heavy atom. The Bertz CT molecular complexity index is 264. The Kier molecular flexibility index (Phi) is 5.51. The second-order valence-corrected chi connectivity index (χ2v) is 2.97. The van der Waals surface area contributed by atoms with Crippen molar-refractivity contribution >= 4 is 34.9 Å². The number of rotatable bonds is 3. The Hall–Kier alpha value is -0.730. The Morgan fingerprint density at radius 1 is 1.38 bits per heavy atom. The number of carbonyl (C=O) groups excluding carboxylic acids is 1.